The van der Waals surface area contributed by atoms with Gasteiger partial charge in [0.1, 0.15) is 0 Å². The molecule has 0 unspecified atom stereocenters. The molecule has 0 saturated heterocycles. The number of nitrogens with one attached hydrogen (secondary N) is 2. The first kappa shape index (κ1) is 20.0. The molecule has 33 heavy (non-hydrogen) atoms. The molecule has 1 fully saturated rings. The van der Waals surface area contributed by atoms with E-state index < -0.39 is 0 Å². The second-order valence-electron chi connectivity index (χ2n) is 9.04. The predicted octanol–water partition coefficient (Wildman–Crippen LogP) is 4.27. The molecule has 3 heterocycles. The molecule has 0 radical (unpaired) electrons. The molecule has 168 valence electrons. The van der Waals surface area contributed by atoms with Crippen molar-refractivity contribution in [2.45, 2.75) is 45.1 Å². The molecule has 2 N–H and O–H groups in total. The van der Waals surface area contributed by atoms with Crippen LogP contribution in [0.3, 0.4) is 0 Å². The van der Waals surface area contributed by atoms with Crippen LogP contribution in [-0.2, 0) is 24.8 Å². The summed E-state index contributed by atoms with van der Waals surface area (Å²) in [6.07, 6.45) is 5.75. The third-order valence-corrected chi connectivity index (χ3v) is 6.79. The van der Waals surface area contributed by atoms with Crippen LogP contribution in [0, 0.1) is 0 Å². The number of hydrogen-bond donors (Lipinski definition) is 2. The van der Waals surface area contributed by atoms with Crippen molar-refractivity contribution in [2.75, 3.05) is 11.9 Å². The van der Waals surface area contributed by atoms with Gasteiger partial charge in [0.2, 0.25) is 11.9 Å². The molecule has 1 amide bonds. The maximum atomic E-state index is 12.1. The summed E-state index contributed by atoms with van der Waals surface area (Å²) in [5.74, 6) is 2.20. The number of fused-ring (bicyclic) bond motifs is 2. The first-order valence-electron chi connectivity index (χ1n) is 11.6. The largest absolute Gasteiger partial charge is 0.338 e. The number of rotatable bonds is 5. The van der Waals surface area contributed by atoms with E-state index >= 15 is 0 Å². The van der Waals surface area contributed by atoms with Gasteiger partial charge in [-0.1, -0.05) is 19.1 Å². The summed E-state index contributed by atoms with van der Waals surface area (Å²) in [7, 11) is 1.92. The van der Waals surface area contributed by atoms with Gasteiger partial charge >= 0.3 is 0 Å². The van der Waals surface area contributed by atoms with Gasteiger partial charge in [-0.05, 0) is 60.1 Å². The number of amides is 1. The maximum absolute atomic E-state index is 12.1. The van der Waals surface area contributed by atoms with Crippen molar-refractivity contribution in [3.05, 3.63) is 53.2 Å². The normalized spacial score (nSPS) is 15.6. The Morgan fingerprint density at radius 3 is 2.91 bits per heavy atom. The molecule has 8 nitrogen and oxygen atoms in total. The summed E-state index contributed by atoms with van der Waals surface area (Å²) in [6.45, 7) is 3.37. The molecule has 6 rings (SSSR count). The van der Waals surface area contributed by atoms with E-state index in [2.05, 4.69) is 50.9 Å². The highest BCUT2D eigenvalue weighted by atomic mass is 16.2. The molecule has 2 aliphatic rings. The molecular formula is C25H27N7O. The molecule has 0 atom stereocenters. The number of benzene rings is 2. The van der Waals surface area contributed by atoms with E-state index in [0.29, 0.717) is 30.7 Å². The van der Waals surface area contributed by atoms with E-state index in [1.54, 1.807) is 4.68 Å². The number of H-pyrrole nitrogens is 1. The summed E-state index contributed by atoms with van der Waals surface area (Å²) in [6, 6.07) is 10.5. The van der Waals surface area contributed by atoms with Crippen LogP contribution < -0.4 is 5.32 Å². The highest BCUT2D eigenvalue weighted by molar-refractivity contribution is 5.89. The Hall–Kier alpha value is -3.68. The van der Waals surface area contributed by atoms with Gasteiger partial charge < -0.3 is 10.2 Å². The molecule has 8 heteroatoms. The lowest BCUT2D eigenvalue weighted by Crippen LogP contribution is -2.35. The van der Waals surface area contributed by atoms with Gasteiger partial charge in [-0.15, -0.1) is 5.10 Å². The maximum Gasteiger partial charge on any atom is 0.225 e. The van der Waals surface area contributed by atoms with E-state index in [-0.39, 0.29) is 5.91 Å². The number of hydrogen-bond acceptors (Lipinski definition) is 5. The monoisotopic (exact) mass is 441 g/mol. The van der Waals surface area contributed by atoms with Crippen LogP contribution in [0.25, 0.3) is 22.3 Å². The van der Waals surface area contributed by atoms with Crippen LogP contribution in [0.4, 0.5) is 11.6 Å². The topological polar surface area (TPSA) is 91.7 Å². The fraction of sp³-hybridized carbons (Fsp3) is 0.360. The van der Waals surface area contributed by atoms with Gasteiger partial charge in [-0.25, -0.2) is 4.68 Å². The summed E-state index contributed by atoms with van der Waals surface area (Å²) in [4.78, 5) is 18.8. The fourth-order valence-corrected chi connectivity index (χ4v) is 4.82. The molecule has 1 aliphatic carbocycles. The quantitative estimate of drug-likeness (QED) is 0.482. The number of carbonyl (C=O) groups is 1. The number of aromatic amines is 1. The fourth-order valence-electron chi connectivity index (χ4n) is 4.82. The lowest BCUT2D eigenvalue weighted by atomic mass is 9.97. The van der Waals surface area contributed by atoms with Gasteiger partial charge in [-0.3, -0.25) is 9.89 Å². The SMILES string of the molecule is CCC(=O)N1CCc2cc(-c3nc(Nc4ccc5[nH]ncc5c4C4CC4)n(C)n3)ccc2C1. The smallest absolute Gasteiger partial charge is 0.225 e. The van der Waals surface area contributed by atoms with Crippen molar-refractivity contribution >= 4 is 28.4 Å². The Kier molecular flexibility index (Phi) is 4.67. The Morgan fingerprint density at radius 2 is 2.09 bits per heavy atom. The van der Waals surface area contributed by atoms with E-state index in [1.807, 2.05) is 25.1 Å². The average Bonchev–Trinajstić information content (AvgIpc) is 3.45. The molecule has 2 aromatic heterocycles. The van der Waals surface area contributed by atoms with Crippen molar-refractivity contribution < 1.29 is 4.79 Å². The Balaban J connectivity index is 1.28. The zero-order valence-electron chi connectivity index (χ0n) is 18.9. The van der Waals surface area contributed by atoms with Crippen LogP contribution in [-0.4, -0.2) is 42.3 Å². The summed E-state index contributed by atoms with van der Waals surface area (Å²) >= 11 is 0. The summed E-state index contributed by atoms with van der Waals surface area (Å²) in [5, 5.41) is 16.7. The Bertz CT molecular complexity index is 1360. The van der Waals surface area contributed by atoms with Gasteiger partial charge in [0.25, 0.3) is 0 Å². The Morgan fingerprint density at radius 1 is 1.21 bits per heavy atom. The highest BCUT2D eigenvalue weighted by Crippen LogP contribution is 2.47. The first-order valence-corrected chi connectivity index (χ1v) is 11.6. The molecular weight excluding hydrogens is 414 g/mol. The number of nitrogens with zero attached hydrogens (tertiary/aromatic N) is 5. The van der Waals surface area contributed by atoms with Crippen molar-refractivity contribution in [1.82, 2.24) is 29.9 Å². The molecule has 1 saturated carbocycles. The minimum atomic E-state index is 0.214. The average molecular weight is 442 g/mol. The third kappa shape index (κ3) is 3.55. The number of carbonyl (C=O) groups excluding carboxylic acids is 1. The standard InChI is InChI=1S/C25H27N7O/c1-3-22(33)32-11-10-16-12-17(6-7-18(16)14-32)24-28-25(31(2)30-24)27-21-9-8-20-19(13-26-29-20)23(21)15-4-5-15/h6-9,12-13,15H,3-5,10-11,14H2,1-2H3,(H,26,29)(H,27,28,30). The lowest BCUT2D eigenvalue weighted by molar-refractivity contribution is -0.131. The van der Waals surface area contributed by atoms with Crippen LogP contribution in [0.5, 0.6) is 0 Å². The van der Waals surface area contributed by atoms with E-state index in [1.165, 1.54) is 34.9 Å². The molecule has 0 bridgehead atoms. The number of aromatic nitrogens is 5. The molecule has 0 spiro atoms. The second-order valence-corrected chi connectivity index (χ2v) is 9.04. The predicted molar refractivity (Wildman–Crippen MR) is 127 cm³/mol. The van der Waals surface area contributed by atoms with Crippen molar-refractivity contribution in [3.8, 4) is 11.4 Å². The van der Waals surface area contributed by atoms with Crippen LogP contribution >= 0.6 is 0 Å². The van der Waals surface area contributed by atoms with Crippen LogP contribution in [0.15, 0.2) is 36.5 Å². The third-order valence-electron chi connectivity index (χ3n) is 6.79. The summed E-state index contributed by atoms with van der Waals surface area (Å²) in [5.41, 5.74) is 6.93. The minimum absolute atomic E-state index is 0.214. The number of aryl methyl sites for hydroxylation is 1. The van der Waals surface area contributed by atoms with Crippen LogP contribution in [0.1, 0.15) is 48.8 Å². The first-order chi connectivity index (χ1) is 16.1. The molecule has 4 aromatic rings. The van der Waals surface area contributed by atoms with Gasteiger partial charge in [-0.2, -0.15) is 10.1 Å². The van der Waals surface area contributed by atoms with E-state index in [0.717, 1.165) is 29.7 Å². The van der Waals surface area contributed by atoms with Crippen LogP contribution in [0.2, 0.25) is 0 Å². The van der Waals surface area contributed by atoms with Crippen molar-refractivity contribution in [2.24, 2.45) is 7.05 Å². The zero-order chi connectivity index (χ0) is 22.5. The molecule has 2 aromatic carbocycles. The van der Waals surface area contributed by atoms with Gasteiger partial charge in [0.05, 0.1) is 11.7 Å². The summed E-state index contributed by atoms with van der Waals surface area (Å²) < 4.78 is 1.80. The molecule has 1 aliphatic heterocycles. The minimum Gasteiger partial charge on any atom is -0.338 e. The highest BCUT2D eigenvalue weighted by Gasteiger charge is 2.29. The van der Waals surface area contributed by atoms with Crippen molar-refractivity contribution in [3.63, 3.8) is 0 Å². The van der Waals surface area contributed by atoms with Crippen molar-refractivity contribution in [1.29, 1.82) is 0 Å². The Labute approximate surface area is 192 Å². The lowest BCUT2D eigenvalue weighted by Gasteiger charge is -2.28. The van der Waals surface area contributed by atoms with Gasteiger partial charge in [0, 0.05) is 43.2 Å². The number of anilines is 2. The van der Waals surface area contributed by atoms with E-state index in [9.17, 15) is 4.79 Å². The van der Waals surface area contributed by atoms with Gasteiger partial charge in [0.15, 0.2) is 5.82 Å². The zero-order valence-corrected chi connectivity index (χ0v) is 18.9. The second kappa shape index (κ2) is 7.72. The van der Waals surface area contributed by atoms with E-state index in [4.69, 9.17) is 4.98 Å².